The fraction of sp³-hybridized carbons (Fsp3) is 0.455. The van der Waals surface area contributed by atoms with Gasteiger partial charge in [0.1, 0.15) is 0 Å². The molecule has 0 spiro atoms. The molecule has 0 N–H and O–H groups in total. The average Bonchev–Trinajstić information content (AvgIpc) is 2.27. The Kier molecular flexibility index (Phi) is 4.74. The standard InChI is InChI=1S/C11H8F7I/c12-9(10(13,14)15,11(16,17)18)6-8(19)7-4-2-1-3-5-7/h1-5,8H,6H2. The molecule has 0 aliphatic carbocycles. The summed E-state index contributed by atoms with van der Waals surface area (Å²) in [5.41, 5.74) is -5.00. The van der Waals surface area contributed by atoms with Gasteiger partial charge in [0, 0.05) is 10.3 Å². The molecule has 0 heterocycles. The number of hydrogen-bond acceptors (Lipinski definition) is 0. The molecule has 0 radical (unpaired) electrons. The Morgan fingerprint density at radius 3 is 1.63 bits per heavy atom. The van der Waals surface area contributed by atoms with Crippen molar-refractivity contribution in [2.45, 2.75) is 28.4 Å². The molecule has 0 aliphatic heterocycles. The van der Waals surface area contributed by atoms with Crippen LogP contribution in [0.25, 0.3) is 0 Å². The molecule has 0 saturated heterocycles. The quantitative estimate of drug-likeness (QED) is 0.363. The van der Waals surface area contributed by atoms with Gasteiger partial charge in [-0.15, -0.1) is 0 Å². The van der Waals surface area contributed by atoms with Gasteiger partial charge in [0.15, 0.2) is 0 Å². The van der Waals surface area contributed by atoms with E-state index in [0.717, 1.165) is 0 Å². The molecule has 1 atom stereocenters. The van der Waals surface area contributed by atoms with Crippen molar-refractivity contribution < 1.29 is 30.7 Å². The van der Waals surface area contributed by atoms with Crippen LogP contribution in [0.2, 0.25) is 0 Å². The van der Waals surface area contributed by atoms with Gasteiger partial charge in [-0.1, -0.05) is 52.9 Å². The molecule has 1 unspecified atom stereocenters. The zero-order valence-corrected chi connectivity index (χ0v) is 11.4. The van der Waals surface area contributed by atoms with Gasteiger partial charge >= 0.3 is 18.0 Å². The fourth-order valence-corrected chi connectivity index (χ4v) is 2.44. The van der Waals surface area contributed by atoms with Gasteiger partial charge in [-0.3, -0.25) is 0 Å². The molecule has 1 aromatic rings. The molecular weight excluding hydrogens is 392 g/mol. The van der Waals surface area contributed by atoms with Crippen molar-refractivity contribution in [3.8, 4) is 0 Å². The Morgan fingerprint density at radius 1 is 0.842 bits per heavy atom. The second-order valence-electron chi connectivity index (χ2n) is 3.88. The molecule has 0 nitrogen and oxygen atoms in total. The van der Waals surface area contributed by atoms with E-state index in [0.29, 0.717) is 0 Å². The minimum absolute atomic E-state index is 0.207. The Labute approximate surface area is 118 Å². The van der Waals surface area contributed by atoms with Crippen molar-refractivity contribution in [1.29, 1.82) is 0 Å². The van der Waals surface area contributed by atoms with Crippen molar-refractivity contribution in [2.24, 2.45) is 0 Å². The molecule has 0 saturated carbocycles. The molecule has 108 valence electrons. The van der Waals surface area contributed by atoms with E-state index in [1.807, 2.05) is 0 Å². The fourth-order valence-electron chi connectivity index (χ4n) is 1.42. The lowest BCUT2D eigenvalue weighted by atomic mass is 9.95. The van der Waals surface area contributed by atoms with Crippen LogP contribution in [0, 0.1) is 0 Å². The average molecular weight is 400 g/mol. The van der Waals surface area contributed by atoms with E-state index in [1.54, 1.807) is 6.07 Å². The highest BCUT2D eigenvalue weighted by Crippen LogP contribution is 2.52. The predicted molar refractivity (Wildman–Crippen MR) is 63.8 cm³/mol. The summed E-state index contributed by atoms with van der Waals surface area (Å²) < 4.78 is 86.5. The first-order valence-electron chi connectivity index (χ1n) is 5.00. The molecular formula is C11H8F7I. The molecule has 1 rings (SSSR count). The van der Waals surface area contributed by atoms with Gasteiger partial charge < -0.3 is 0 Å². The highest BCUT2D eigenvalue weighted by Gasteiger charge is 2.72. The third kappa shape index (κ3) is 3.51. The Morgan fingerprint density at radius 2 is 1.26 bits per heavy atom. The third-order valence-electron chi connectivity index (χ3n) is 2.52. The summed E-state index contributed by atoms with van der Waals surface area (Å²) in [6, 6.07) is 7.18. The van der Waals surface area contributed by atoms with E-state index in [-0.39, 0.29) is 5.56 Å². The molecule has 8 heteroatoms. The van der Waals surface area contributed by atoms with Gasteiger partial charge in [-0.05, 0) is 5.56 Å². The van der Waals surface area contributed by atoms with Crippen molar-refractivity contribution in [1.82, 2.24) is 0 Å². The largest absolute Gasteiger partial charge is 0.431 e. The van der Waals surface area contributed by atoms with E-state index in [9.17, 15) is 30.7 Å². The van der Waals surface area contributed by atoms with Crippen LogP contribution in [0.15, 0.2) is 30.3 Å². The lowest BCUT2D eigenvalue weighted by molar-refractivity contribution is -0.343. The van der Waals surface area contributed by atoms with E-state index >= 15 is 0 Å². The maximum absolute atomic E-state index is 13.5. The van der Waals surface area contributed by atoms with Crippen molar-refractivity contribution in [3.05, 3.63) is 35.9 Å². The summed E-state index contributed by atoms with van der Waals surface area (Å²) in [5, 5.41) is 0. The molecule has 0 aromatic heterocycles. The zero-order valence-electron chi connectivity index (χ0n) is 9.19. The van der Waals surface area contributed by atoms with Crippen LogP contribution in [0.3, 0.4) is 0 Å². The van der Waals surface area contributed by atoms with Crippen LogP contribution in [-0.4, -0.2) is 18.0 Å². The van der Waals surface area contributed by atoms with Gasteiger partial charge in [-0.25, -0.2) is 4.39 Å². The first-order valence-corrected chi connectivity index (χ1v) is 6.25. The predicted octanol–water partition coefficient (Wildman–Crippen LogP) is 5.39. The SMILES string of the molecule is FC(F)(F)C(F)(CC(I)c1ccccc1)C(F)(F)F. The van der Waals surface area contributed by atoms with Gasteiger partial charge in [0.2, 0.25) is 0 Å². The number of rotatable bonds is 3. The summed E-state index contributed by atoms with van der Waals surface area (Å²) in [6.07, 6.45) is -13.7. The highest BCUT2D eigenvalue weighted by molar-refractivity contribution is 14.1. The maximum Gasteiger partial charge on any atom is 0.431 e. The molecule has 1 aromatic carbocycles. The number of benzene rings is 1. The summed E-state index contributed by atoms with van der Waals surface area (Å²) in [4.78, 5) is 0. The van der Waals surface area contributed by atoms with Crippen molar-refractivity contribution in [2.75, 3.05) is 0 Å². The van der Waals surface area contributed by atoms with Gasteiger partial charge in [-0.2, -0.15) is 26.3 Å². The second kappa shape index (κ2) is 5.45. The molecule has 0 bridgehead atoms. The smallest absolute Gasteiger partial charge is 0.224 e. The minimum atomic E-state index is -6.00. The van der Waals surface area contributed by atoms with E-state index < -0.39 is 28.4 Å². The van der Waals surface area contributed by atoms with Crippen LogP contribution in [0.1, 0.15) is 15.9 Å². The Balaban J connectivity index is 3.04. The van der Waals surface area contributed by atoms with Crippen molar-refractivity contribution >= 4 is 22.6 Å². The van der Waals surface area contributed by atoms with Gasteiger partial charge in [0.05, 0.1) is 0 Å². The topological polar surface area (TPSA) is 0 Å². The normalized spacial score (nSPS) is 15.4. The lowest BCUT2D eigenvalue weighted by Crippen LogP contribution is -2.53. The molecule has 19 heavy (non-hydrogen) atoms. The lowest BCUT2D eigenvalue weighted by Gasteiger charge is -2.31. The number of halogens is 8. The summed E-state index contributed by atoms with van der Waals surface area (Å²) in [5.74, 6) is 0. The Hall–Kier alpha value is -0.540. The monoisotopic (exact) mass is 400 g/mol. The van der Waals surface area contributed by atoms with Gasteiger partial charge in [0.25, 0.3) is 0 Å². The van der Waals surface area contributed by atoms with Crippen LogP contribution < -0.4 is 0 Å². The number of alkyl halides is 8. The molecule has 0 amide bonds. The first-order chi connectivity index (χ1) is 8.49. The van der Waals surface area contributed by atoms with Crippen LogP contribution >= 0.6 is 22.6 Å². The summed E-state index contributed by atoms with van der Waals surface area (Å²) in [7, 11) is 0. The summed E-state index contributed by atoms with van der Waals surface area (Å²) in [6.45, 7) is 0. The molecule has 0 fully saturated rings. The third-order valence-corrected chi connectivity index (χ3v) is 3.68. The van der Waals surface area contributed by atoms with Crippen LogP contribution in [0.4, 0.5) is 30.7 Å². The maximum atomic E-state index is 13.5. The van der Waals surface area contributed by atoms with E-state index in [1.165, 1.54) is 46.9 Å². The van der Waals surface area contributed by atoms with Crippen LogP contribution in [-0.2, 0) is 0 Å². The van der Waals surface area contributed by atoms with Crippen molar-refractivity contribution in [3.63, 3.8) is 0 Å². The van der Waals surface area contributed by atoms with Crippen LogP contribution in [0.5, 0.6) is 0 Å². The first kappa shape index (κ1) is 16.5. The minimum Gasteiger partial charge on any atom is -0.224 e. The zero-order chi connectivity index (χ0) is 14.9. The van der Waals surface area contributed by atoms with E-state index in [2.05, 4.69) is 0 Å². The highest BCUT2D eigenvalue weighted by atomic mass is 127. The molecule has 0 aliphatic rings. The number of hydrogen-bond donors (Lipinski definition) is 0. The van der Waals surface area contributed by atoms with E-state index in [4.69, 9.17) is 0 Å². The second-order valence-corrected chi connectivity index (χ2v) is 5.38. The Bertz CT molecular complexity index is 395. The summed E-state index contributed by atoms with van der Waals surface area (Å²) >= 11 is 1.37.